The molecular weight excluding hydrogens is 304 g/mol. The fourth-order valence-electron chi connectivity index (χ4n) is 3.24. The Morgan fingerprint density at radius 2 is 1.33 bits per heavy atom. The maximum absolute atomic E-state index is 12.3. The van der Waals surface area contributed by atoms with Gasteiger partial charge in [-0.1, -0.05) is 12.2 Å². The van der Waals surface area contributed by atoms with Gasteiger partial charge in [-0.05, 0) is 12.8 Å². The largest absolute Gasteiger partial charge is 0.342 e. The molecule has 0 aliphatic carbocycles. The predicted molar refractivity (Wildman–Crippen MR) is 95.7 cm³/mol. The number of rotatable bonds is 8. The van der Waals surface area contributed by atoms with E-state index in [9.17, 15) is 9.59 Å². The molecule has 6 nitrogen and oxygen atoms in total. The third-order valence-electron chi connectivity index (χ3n) is 4.69. The molecule has 2 heterocycles. The molecule has 0 unspecified atom stereocenters. The van der Waals surface area contributed by atoms with E-state index in [-0.39, 0.29) is 11.8 Å². The summed E-state index contributed by atoms with van der Waals surface area (Å²) in [7, 11) is 0. The molecule has 0 aromatic rings. The first-order valence-corrected chi connectivity index (χ1v) is 8.86. The molecule has 6 heteroatoms. The third-order valence-corrected chi connectivity index (χ3v) is 4.69. The molecule has 0 spiro atoms. The molecule has 24 heavy (non-hydrogen) atoms. The zero-order valence-electron chi connectivity index (χ0n) is 14.7. The van der Waals surface area contributed by atoms with Crippen LogP contribution in [0, 0.1) is 0 Å². The summed E-state index contributed by atoms with van der Waals surface area (Å²) in [4.78, 5) is 32.6. The minimum atomic E-state index is 0.108. The number of carbonyl (C=O) groups excluding carboxylic acids is 2. The maximum atomic E-state index is 12.3. The standard InChI is InChI=1S/C18H30N4O2/c1-3-7-21(8-4-2)17(23)15-19-11-13-20(14-12-19)16-18(24)22-9-5-6-10-22/h3-4H,1-2,5-16H2. The second kappa shape index (κ2) is 9.59. The summed E-state index contributed by atoms with van der Waals surface area (Å²) in [6, 6.07) is 0. The van der Waals surface area contributed by atoms with Crippen molar-refractivity contribution in [3.8, 4) is 0 Å². The molecule has 0 bridgehead atoms. The first kappa shape index (κ1) is 18.7. The van der Waals surface area contributed by atoms with E-state index in [1.54, 1.807) is 17.1 Å². The average Bonchev–Trinajstić information content (AvgIpc) is 3.11. The van der Waals surface area contributed by atoms with Crippen molar-refractivity contribution < 1.29 is 9.59 Å². The third kappa shape index (κ3) is 5.46. The van der Waals surface area contributed by atoms with Gasteiger partial charge in [0.05, 0.1) is 13.1 Å². The fraction of sp³-hybridized carbons (Fsp3) is 0.667. The number of nitrogens with zero attached hydrogens (tertiary/aromatic N) is 4. The molecular formula is C18H30N4O2. The van der Waals surface area contributed by atoms with Crippen molar-refractivity contribution in [2.75, 3.05) is 65.4 Å². The highest BCUT2D eigenvalue weighted by Gasteiger charge is 2.24. The summed E-state index contributed by atoms with van der Waals surface area (Å²) in [6.45, 7) is 14.6. The average molecular weight is 334 g/mol. The minimum Gasteiger partial charge on any atom is -0.342 e. The van der Waals surface area contributed by atoms with Crippen molar-refractivity contribution in [2.45, 2.75) is 12.8 Å². The zero-order valence-corrected chi connectivity index (χ0v) is 14.7. The highest BCUT2D eigenvalue weighted by molar-refractivity contribution is 5.79. The van der Waals surface area contributed by atoms with E-state index in [1.807, 2.05) is 4.90 Å². The Balaban J connectivity index is 1.71. The van der Waals surface area contributed by atoms with Crippen LogP contribution in [-0.2, 0) is 9.59 Å². The molecule has 2 saturated heterocycles. The van der Waals surface area contributed by atoms with Crippen LogP contribution in [0.15, 0.2) is 25.3 Å². The van der Waals surface area contributed by atoms with E-state index in [0.717, 1.165) is 52.1 Å². The van der Waals surface area contributed by atoms with Gasteiger partial charge < -0.3 is 9.80 Å². The first-order valence-electron chi connectivity index (χ1n) is 8.86. The molecule has 0 saturated carbocycles. The number of amides is 2. The summed E-state index contributed by atoms with van der Waals surface area (Å²) >= 11 is 0. The van der Waals surface area contributed by atoms with E-state index < -0.39 is 0 Å². The van der Waals surface area contributed by atoms with Crippen LogP contribution in [0.1, 0.15) is 12.8 Å². The predicted octanol–water partition coefficient (Wildman–Crippen LogP) is 0.427. The van der Waals surface area contributed by atoms with Crippen LogP contribution in [-0.4, -0.2) is 96.9 Å². The topological polar surface area (TPSA) is 47.1 Å². The Labute approximate surface area is 145 Å². The monoisotopic (exact) mass is 334 g/mol. The summed E-state index contributed by atoms with van der Waals surface area (Å²) < 4.78 is 0. The van der Waals surface area contributed by atoms with E-state index in [4.69, 9.17) is 0 Å². The van der Waals surface area contributed by atoms with Gasteiger partial charge in [-0.15, -0.1) is 13.2 Å². The van der Waals surface area contributed by atoms with Crippen LogP contribution in [0.4, 0.5) is 0 Å². The Morgan fingerprint density at radius 1 is 0.833 bits per heavy atom. The van der Waals surface area contributed by atoms with Gasteiger partial charge in [0.1, 0.15) is 0 Å². The van der Waals surface area contributed by atoms with E-state index in [1.165, 1.54) is 0 Å². The van der Waals surface area contributed by atoms with Crippen LogP contribution < -0.4 is 0 Å². The Hall–Kier alpha value is -1.66. The lowest BCUT2D eigenvalue weighted by atomic mass is 10.3. The minimum absolute atomic E-state index is 0.108. The molecule has 2 fully saturated rings. The molecule has 0 atom stereocenters. The quantitative estimate of drug-likeness (QED) is 0.604. The second-order valence-corrected chi connectivity index (χ2v) is 6.52. The molecule has 2 aliphatic heterocycles. The first-order chi connectivity index (χ1) is 11.6. The van der Waals surface area contributed by atoms with Crippen molar-refractivity contribution in [1.29, 1.82) is 0 Å². The van der Waals surface area contributed by atoms with Gasteiger partial charge in [-0.3, -0.25) is 19.4 Å². The molecule has 0 aromatic heterocycles. The molecule has 0 aromatic carbocycles. The zero-order chi connectivity index (χ0) is 17.4. The molecule has 2 aliphatic rings. The lowest BCUT2D eigenvalue weighted by Crippen LogP contribution is -2.52. The van der Waals surface area contributed by atoms with E-state index >= 15 is 0 Å². The number of hydrogen-bond donors (Lipinski definition) is 0. The highest BCUT2D eigenvalue weighted by Crippen LogP contribution is 2.09. The van der Waals surface area contributed by atoms with Gasteiger partial charge in [0.25, 0.3) is 0 Å². The van der Waals surface area contributed by atoms with Gasteiger partial charge in [0, 0.05) is 52.4 Å². The summed E-state index contributed by atoms with van der Waals surface area (Å²) in [6.07, 6.45) is 5.74. The number of carbonyl (C=O) groups is 2. The second-order valence-electron chi connectivity index (χ2n) is 6.52. The number of piperazine rings is 1. The summed E-state index contributed by atoms with van der Waals surface area (Å²) in [5, 5.41) is 0. The van der Waals surface area contributed by atoms with Gasteiger partial charge in [-0.25, -0.2) is 0 Å². The molecule has 2 amide bonds. The Kier molecular flexibility index (Phi) is 7.46. The van der Waals surface area contributed by atoms with Crippen LogP contribution >= 0.6 is 0 Å². The molecule has 134 valence electrons. The van der Waals surface area contributed by atoms with Crippen LogP contribution in [0.5, 0.6) is 0 Å². The van der Waals surface area contributed by atoms with Crippen molar-refractivity contribution in [1.82, 2.24) is 19.6 Å². The van der Waals surface area contributed by atoms with E-state index in [2.05, 4.69) is 23.0 Å². The van der Waals surface area contributed by atoms with Gasteiger partial charge >= 0.3 is 0 Å². The smallest absolute Gasteiger partial charge is 0.237 e. The summed E-state index contributed by atoms with van der Waals surface area (Å²) in [5.41, 5.74) is 0. The summed E-state index contributed by atoms with van der Waals surface area (Å²) in [5.74, 6) is 0.358. The lowest BCUT2D eigenvalue weighted by molar-refractivity contribution is -0.134. The molecule has 2 rings (SSSR count). The Bertz CT molecular complexity index is 442. The van der Waals surface area contributed by atoms with Gasteiger partial charge in [-0.2, -0.15) is 0 Å². The molecule has 0 N–H and O–H groups in total. The van der Waals surface area contributed by atoms with Crippen molar-refractivity contribution in [2.24, 2.45) is 0 Å². The number of likely N-dealkylation sites (tertiary alicyclic amines) is 1. The van der Waals surface area contributed by atoms with Crippen molar-refractivity contribution in [3.63, 3.8) is 0 Å². The maximum Gasteiger partial charge on any atom is 0.237 e. The molecule has 0 radical (unpaired) electrons. The normalized spacial score (nSPS) is 19.2. The van der Waals surface area contributed by atoms with Crippen LogP contribution in [0.25, 0.3) is 0 Å². The van der Waals surface area contributed by atoms with Crippen molar-refractivity contribution >= 4 is 11.8 Å². The van der Waals surface area contributed by atoms with E-state index in [0.29, 0.717) is 26.2 Å². The SMILES string of the molecule is C=CCN(CC=C)C(=O)CN1CCN(CC(=O)N2CCCC2)CC1. The number of hydrogen-bond acceptors (Lipinski definition) is 4. The van der Waals surface area contributed by atoms with Gasteiger partial charge in [0.15, 0.2) is 0 Å². The lowest BCUT2D eigenvalue weighted by Gasteiger charge is -2.35. The highest BCUT2D eigenvalue weighted by atomic mass is 16.2. The van der Waals surface area contributed by atoms with Crippen molar-refractivity contribution in [3.05, 3.63) is 25.3 Å². The van der Waals surface area contributed by atoms with Crippen LogP contribution in [0.2, 0.25) is 0 Å². The van der Waals surface area contributed by atoms with Gasteiger partial charge in [0.2, 0.25) is 11.8 Å². The van der Waals surface area contributed by atoms with Crippen LogP contribution in [0.3, 0.4) is 0 Å². The Morgan fingerprint density at radius 3 is 1.83 bits per heavy atom. The fourth-order valence-corrected chi connectivity index (χ4v) is 3.24.